The molecule has 0 spiro atoms. The summed E-state index contributed by atoms with van der Waals surface area (Å²) in [4.78, 5) is 16.8. The summed E-state index contributed by atoms with van der Waals surface area (Å²) >= 11 is 1.90. The molecular weight excluding hydrogens is 382 g/mol. The van der Waals surface area contributed by atoms with Gasteiger partial charge in [0, 0.05) is 50.3 Å². The lowest BCUT2D eigenvalue weighted by atomic mass is 10.00. The fourth-order valence-corrected chi connectivity index (χ4v) is 5.34. The number of thioether (sulfide) groups is 1. The van der Waals surface area contributed by atoms with Crippen molar-refractivity contribution in [2.45, 2.75) is 24.3 Å². The minimum atomic E-state index is -0.562. The molecule has 5 nitrogen and oxygen atoms in total. The number of urea groups is 1. The van der Waals surface area contributed by atoms with Gasteiger partial charge in [-0.15, -0.1) is 0 Å². The third-order valence-electron chi connectivity index (χ3n) is 5.69. The first-order valence-corrected chi connectivity index (χ1v) is 11.4. The van der Waals surface area contributed by atoms with Gasteiger partial charge in [0.2, 0.25) is 0 Å². The summed E-state index contributed by atoms with van der Waals surface area (Å²) < 4.78 is 0. The van der Waals surface area contributed by atoms with E-state index in [0.717, 1.165) is 31.8 Å². The van der Waals surface area contributed by atoms with Gasteiger partial charge in [0.25, 0.3) is 0 Å². The van der Waals surface area contributed by atoms with E-state index in [4.69, 9.17) is 0 Å². The van der Waals surface area contributed by atoms with Crippen LogP contribution in [0.4, 0.5) is 4.79 Å². The molecule has 0 aromatic heterocycles. The Balaban J connectivity index is 1.23. The van der Waals surface area contributed by atoms with Crippen LogP contribution in [0.25, 0.3) is 0 Å². The van der Waals surface area contributed by atoms with E-state index in [0.29, 0.717) is 18.3 Å². The number of nitrogens with one attached hydrogen (secondary N) is 1. The zero-order chi connectivity index (χ0) is 20.1. The third-order valence-corrected chi connectivity index (χ3v) is 6.93. The minimum absolute atomic E-state index is 0.0747. The minimum Gasteiger partial charge on any atom is -0.390 e. The van der Waals surface area contributed by atoms with Crippen LogP contribution in [0.15, 0.2) is 54.6 Å². The normalized spacial score (nSPS) is 20.7. The molecule has 6 heteroatoms. The fraction of sp³-hybridized carbons (Fsp3) is 0.435. The fourth-order valence-electron chi connectivity index (χ4n) is 4.09. The number of fused-ring (bicyclic) bond motifs is 1. The lowest BCUT2D eigenvalue weighted by Crippen LogP contribution is -2.48. The summed E-state index contributed by atoms with van der Waals surface area (Å²) in [5.74, 6) is 0.933. The summed E-state index contributed by atoms with van der Waals surface area (Å²) in [5.41, 5.74) is 4.01. The first kappa shape index (κ1) is 20.3. The van der Waals surface area contributed by atoms with E-state index in [9.17, 15) is 9.90 Å². The molecule has 2 heterocycles. The van der Waals surface area contributed by atoms with Gasteiger partial charge in [-0.1, -0.05) is 54.6 Å². The van der Waals surface area contributed by atoms with Crippen LogP contribution in [0.3, 0.4) is 0 Å². The Morgan fingerprint density at radius 1 is 1.10 bits per heavy atom. The molecule has 2 atom stereocenters. The Bertz CT molecular complexity index is 817. The number of hydrogen-bond donors (Lipinski definition) is 2. The molecule has 0 unspecified atom stereocenters. The molecule has 0 aliphatic carbocycles. The van der Waals surface area contributed by atoms with Gasteiger partial charge in [-0.3, -0.25) is 4.90 Å². The van der Waals surface area contributed by atoms with Crippen LogP contribution in [-0.2, 0) is 13.0 Å². The highest BCUT2D eigenvalue weighted by molar-refractivity contribution is 7.99. The van der Waals surface area contributed by atoms with E-state index < -0.39 is 6.10 Å². The van der Waals surface area contributed by atoms with Crippen molar-refractivity contribution < 1.29 is 9.90 Å². The Morgan fingerprint density at radius 3 is 2.69 bits per heavy atom. The summed E-state index contributed by atoms with van der Waals surface area (Å²) in [5, 5.41) is 13.7. The molecule has 1 fully saturated rings. The number of benzene rings is 2. The first-order valence-electron chi connectivity index (χ1n) is 10.4. The highest BCUT2D eigenvalue weighted by atomic mass is 32.2. The molecule has 2 aliphatic rings. The van der Waals surface area contributed by atoms with Crippen LogP contribution in [0.2, 0.25) is 0 Å². The average Bonchev–Trinajstić information content (AvgIpc) is 2.78. The number of carbonyl (C=O) groups excluding carboxylic acids is 1. The second-order valence-electron chi connectivity index (χ2n) is 7.81. The zero-order valence-electron chi connectivity index (χ0n) is 16.7. The Labute approximate surface area is 177 Å². The van der Waals surface area contributed by atoms with Crippen molar-refractivity contribution in [2.24, 2.45) is 0 Å². The predicted octanol–water partition coefficient (Wildman–Crippen LogP) is 2.91. The smallest absolute Gasteiger partial charge is 0.317 e. The number of β-amino-alcohol motifs (C(OH)–C–C–N with tert-alkyl or cyclic N) is 1. The summed E-state index contributed by atoms with van der Waals surface area (Å²) in [6, 6.07) is 18.8. The average molecular weight is 412 g/mol. The molecule has 2 aromatic rings. The molecule has 2 amide bonds. The zero-order valence-corrected chi connectivity index (χ0v) is 17.5. The van der Waals surface area contributed by atoms with Crippen LogP contribution in [-0.4, -0.2) is 65.5 Å². The van der Waals surface area contributed by atoms with Crippen LogP contribution in [0, 0.1) is 0 Å². The van der Waals surface area contributed by atoms with Gasteiger partial charge in [-0.05, 0) is 23.1 Å². The number of nitrogens with zero attached hydrogens (tertiary/aromatic N) is 2. The molecule has 1 saturated heterocycles. The second kappa shape index (κ2) is 9.65. The van der Waals surface area contributed by atoms with Crippen LogP contribution in [0.1, 0.15) is 21.9 Å². The van der Waals surface area contributed by atoms with Gasteiger partial charge < -0.3 is 15.3 Å². The van der Waals surface area contributed by atoms with E-state index in [2.05, 4.69) is 46.6 Å². The van der Waals surface area contributed by atoms with E-state index in [1.807, 2.05) is 34.9 Å². The summed E-state index contributed by atoms with van der Waals surface area (Å²) in [6.45, 7) is 4.14. The van der Waals surface area contributed by atoms with Crippen molar-refractivity contribution in [2.75, 3.05) is 38.5 Å². The predicted molar refractivity (Wildman–Crippen MR) is 118 cm³/mol. The van der Waals surface area contributed by atoms with Gasteiger partial charge in [0.1, 0.15) is 0 Å². The number of hydrogen-bond acceptors (Lipinski definition) is 4. The molecule has 29 heavy (non-hydrogen) atoms. The van der Waals surface area contributed by atoms with Gasteiger partial charge >= 0.3 is 6.03 Å². The SMILES string of the molecule is O=C(NC[C@H](O)CN1CCc2ccccc2C1)N1CCS[C@H](c2ccccc2)C1. The van der Waals surface area contributed by atoms with Crippen molar-refractivity contribution in [3.8, 4) is 0 Å². The standard InChI is InChI=1S/C23H29N3O2S/c27-21(16-25-11-10-18-6-4-5-9-20(18)15-25)14-24-23(28)26-12-13-29-22(17-26)19-7-2-1-3-8-19/h1-9,21-22,27H,10-17H2,(H,24,28)/t21-,22-/m0/s1. The van der Waals surface area contributed by atoms with Gasteiger partial charge in [0.05, 0.1) is 6.10 Å². The number of rotatable bonds is 5. The highest BCUT2D eigenvalue weighted by Crippen LogP contribution is 2.32. The second-order valence-corrected chi connectivity index (χ2v) is 9.12. The quantitative estimate of drug-likeness (QED) is 0.794. The molecule has 2 N–H and O–H groups in total. The molecule has 0 bridgehead atoms. The monoisotopic (exact) mass is 411 g/mol. The van der Waals surface area contributed by atoms with Crippen molar-refractivity contribution >= 4 is 17.8 Å². The van der Waals surface area contributed by atoms with Crippen molar-refractivity contribution in [3.63, 3.8) is 0 Å². The van der Waals surface area contributed by atoms with Gasteiger partial charge in [0.15, 0.2) is 0 Å². The first-order chi connectivity index (χ1) is 14.2. The topological polar surface area (TPSA) is 55.8 Å². The Kier molecular flexibility index (Phi) is 6.74. The summed E-state index contributed by atoms with van der Waals surface area (Å²) in [7, 11) is 0. The Morgan fingerprint density at radius 2 is 1.86 bits per heavy atom. The largest absolute Gasteiger partial charge is 0.390 e. The molecule has 154 valence electrons. The van der Waals surface area contributed by atoms with E-state index >= 15 is 0 Å². The maximum Gasteiger partial charge on any atom is 0.317 e. The van der Waals surface area contributed by atoms with Gasteiger partial charge in [-0.2, -0.15) is 11.8 Å². The van der Waals surface area contributed by atoms with Crippen molar-refractivity contribution in [1.82, 2.24) is 15.1 Å². The summed E-state index contributed by atoms with van der Waals surface area (Å²) in [6.07, 6.45) is 0.454. The van der Waals surface area contributed by atoms with E-state index in [1.54, 1.807) is 0 Å². The molecule has 4 rings (SSSR count). The molecular formula is C23H29N3O2S. The van der Waals surface area contributed by atoms with Crippen molar-refractivity contribution in [1.29, 1.82) is 0 Å². The van der Waals surface area contributed by atoms with E-state index in [-0.39, 0.29) is 12.6 Å². The van der Waals surface area contributed by atoms with Crippen LogP contribution in [0.5, 0.6) is 0 Å². The maximum absolute atomic E-state index is 12.6. The highest BCUT2D eigenvalue weighted by Gasteiger charge is 2.26. The molecule has 0 radical (unpaired) electrons. The van der Waals surface area contributed by atoms with Crippen LogP contribution >= 0.6 is 11.8 Å². The Hall–Kier alpha value is -2.02. The van der Waals surface area contributed by atoms with Crippen molar-refractivity contribution in [3.05, 3.63) is 71.3 Å². The number of carbonyl (C=O) groups is 1. The van der Waals surface area contributed by atoms with Crippen LogP contribution < -0.4 is 5.32 Å². The maximum atomic E-state index is 12.6. The molecule has 2 aliphatic heterocycles. The third kappa shape index (κ3) is 5.32. The van der Waals surface area contributed by atoms with Gasteiger partial charge in [-0.25, -0.2) is 4.79 Å². The number of aliphatic hydroxyl groups is 1. The number of aliphatic hydroxyl groups excluding tert-OH is 1. The van der Waals surface area contributed by atoms with E-state index in [1.165, 1.54) is 16.7 Å². The molecule has 0 saturated carbocycles. The molecule has 2 aromatic carbocycles. The lowest BCUT2D eigenvalue weighted by molar-refractivity contribution is 0.103. The number of amides is 2. The lowest BCUT2D eigenvalue weighted by Gasteiger charge is -2.33.